The monoisotopic (exact) mass is 285 g/mol. The third kappa shape index (κ3) is 6.32. The van der Waals surface area contributed by atoms with Gasteiger partial charge in [0.1, 0.15) is 24.3 Å². The third-order valence-corrected chi connectivity index (χ3v) is 2.77. The maximum atomic E-state index is 13.2. The summed E-state index contributed by atoms with van der Waals surface area (Å²) in [6, 6.07) is 4.35. The molecular formula is C15H24FNO3. The van der Waals surface area contributed by atoms with Gasteiger partial charge in [-0.2, -0.15) is 0 Å². The Bertz CT molecular complexity index is 387. The van der Waals surface area contributed by atoms with Crippen molar-refractivity contribution in [1.82, 2.24) is 5.32 Å². The molecule has 1 unspecified atom stereocenters. The van der Waals surface area contributed by atoms with E-state index in [4.69, 9.17) is 9.47 Å². The van der Waals surface area contributed by atoms with Crippen molar-refractivity contribution in [2.24, 2.45) is 0 Å². The highest BCUT2D eigenvalue weighted by molar-refractivity contribution is 5.33. The first-order valence-electron chi connectivity index (χ1n) is 6.99. The Labute approximate surface area is 119 Å². The molecule has 1 aromatic rings. The average Bonchev–Trinajstić information content (AvgIpc) is 2.43. The topological polar surface area (TPSA) is 50.7 Å². The van der Waals surface area contributed by atoms with Crippen LogP contribution in [0.4, 0.5) is 4.39 Å². The number of rotatable bonds is 10. The Morgan fingerprint density at radius 1 is 1.35 bits per heavy atom. The summed E-state index contributed by atoms with van der Waals surface area (Å²) < 4.78 is 24.0. The van der Waals surface area contributed by atoms with Gasteiger partial charge < -0.3 is 19.9 Å². The Hall–Kier alpha value is -1.17. The maximum Gasteiger partial charge on any atom is 0.124 e. The second-order valence-corrected chi connectivity index (χ2v) is 4.68. The predicted octanol–water partition coefficient (Wildman–Crippen LogP) is 2.10. The van der Waals surface area contributed by atoms with Crippen LogP contribution in [0.3, 0.4) is 0 Å². The molecule has 4 nitrogen and oxygen atoms in total. The van der Waals surface area contributed by atoms with Crippen molar-refractivity contribution >= 4 is 0 Å². The molecule has 1 aromatic carbocycles. The molecule has 1 atom stereocenters. The fourth-order valence-electron chi connectivity index (χ4n) is 1.72. The molecule has 0 radical (unpaired) electrons. The van der Waals surface area contributed by atoms with Crippen LogP contribution in [0.1, 0.15) is 25.3 Å². The molecule has 0 saturated carbocycles. The third-order valence-electron chi connectivity index (χ3n) is 2.77. The summed E-state index contributed by atoms with van der Waals surface area (Å²) in [5.74, 6) is 0.277. The van der Waals surface area contributed by atoms with Gasteiger partial charge in [0.25, 0.3) is 0 Å². The van der Waals surface area contributed by atoms with Gasteiger partial charge in [-0.05, 0) is 31.7 Å². The number of aliphatic hydroxyl groups is 1. The first kappa shape index (κ1) is 16.9. The van der Waals surface area contributed by atoms with Crippen LogP contribution in [0.15, 0.2) is 18.2 Å². The number of hydrogen-bond donors (Lipinski definition) is 2. The molecular weight excluding hydrogens is 261 g/mol. The van der Waals surface area contributed by atoms with Gasteiger partial charge in [-0.15, -0.1) is 0 Å². The minimum Gasteiger partial charge on any atom is -0.490 e. The Morgan fingerprint density at radius 3 is 2.85 bits per heavy atom. The van der Waals surface area contributed by atoms with Crippen LogP contribution >= 0.6 is 0 Å². The molecule has 0 fully saturated rings. The number of unbranched alkanes of at least 4 members (excludes halogenated alkanes) is 1. The fourth-order valence-corrected chi connectivity index (χ4v) is 1.72. The van der Waals surface area contributed by atoms with E-state index >= 15 is 0 Å². The van der Waals surface area contributed by atoms with Crippen molar-refractivity contribution in [1.29, 1.82) is 0 Å². The molecule has 1 rings (SSSR count). The van der Waals surface area contributed by atoms with E-state index in [1.807, 2.05) is 0 Å². The number of hydrogen-bond acceptors (Lipinski definition) is 4. The molecule has 0 aliphatic heterocycles. The van der Waals surface area contributed by atoms with Gasteiger partial charge in [0.05, 0.1) is 6.61 Å². The van der Waals surface area contributed by atoms with Crippen LogP contribution < -0.4 is 10.1 Å². The Morgan fingerprint density at radius 2 is 2.15 bits per heavy atom. The van der Waals surface area contributed by atoms with E-state index in [2.05, 4.69) is 12.2 Å². The molecule has 0 saturated heterocycles. The van der Waals surface area contributed by atoms with E-state index in [1.54, 1.807) is 13.1 Å². The summed E-state index contributed by atoms with van der Waals surface area (Å²) in [5, 5.41) is 12.7. The first-order valence-corrected chi connectivity index (χ1v) is 6.99. The zero-order chi connectivity index (χ0) is 14.8. The SMILES string of the molecule is CCCCOCC(O)COc1ccc(F)cc1CNC. The van der Waals surface area contributed by atoms with Gasteiger partial charge in [0.15, 0.2) is 0 Å². The van der Waals surface area contributed by atoms with E-state index in [-0.39, 0.29) is 19.0 Å². The maximum absolute atomic E-state index is 13.2. The molecule has 5 heteroatoms. The van der Waals surface area contributed by atoms with Gasteiger partial charge >= 0.3 is 0 Å². The van der Waals surface area contributed by atoms with Crippen molar-refractivity contribution in [3.63, 3.8) is 0 Å². The van der Waals surface area contributed by atoms with Gasteiger partial charge in [-0.3, -0.25) is 0 Å². The molecule has 20 heavy (non-hydrogen) atoms. The highest BCUT2D eigenvalue weighted by Gasteiger charge is 2.09. The van der Waals surface area contributed by atoms with Crippen molar-refractivity contribution in [2.45, 2.75) is 32.4 Å². The average molecular weight is 285 g/mol. The standard InChI is InChI=1S/C15H24FNO3/c1-3-4-7-19-10-14(18)11-20-15-6-5-13(16)8-12(15)9-17-2/h5-6,8,14,17-18H,3-4,7,9-11H2,1-2H3. The van der Waals surface area contributed by atoms with Gasteiger partial charge in [0, 0.05) is 18.7 Å². The Kier molecular flexibility index (Phi) is 8.18. The lowest BCUT2D eigenvalue weighted by Crippen LogP contribution is -2.24. The van der Waals surface area contributed by atoms with Crippen molar-refractivity contribution in [3.05, 3.63) is 29.6 Å². The van der Waals surface area contributed by atoms with Gasteiger partial charge in [-0.1, -0.05) is 13.3 Å². The summed E-state index contributed by atoms with van der Waals surface area (Å²) >= 11 is 0. The smallest absolute Gasteiger partial charge is 0.124 e. The van der Waals surface area contributed by atoms with Crippen molar-refractivity contribution in [2.75, 3.05) is 26.9 Å². The summed E-state index contributed by atoms with van der Waals surface area (Å²) in [5.41, 5.74) is 0.728. The predicted molar refractivity (Wildman–Crippen MR) is 76.4 cm³/mol. The Balaban J connectivity index is 2.40. The van der Waals surface area contributed by atoms with Crippen LogP contribution in [0.2, 0.25) is 0 Å². The molecule has 114 valence electrons. The number of ether oxygens (including phenoxy) is 2. The number of aliphatic hydroxyl groups excluding tert-OH is 1. The highest BCUT2D eigenvalue weighted by Crippen LogP contribution is 2.19. The normalized spacial score (nSPS) is 12.4. The van der Waals surface area contributed by atoms with Crippen LogP contribution in [0, 0.1) is 5.82 Å². The van der Waals surface area contributed by atoms with Crippen LogP contribution in [-0.2, 0) is 11.3 Å². The number of benzene rings is 1. The lowest BCUT2D eigenvalue weighted by atomic mass is 10.2. The second kappa shape index (κ2) is 9.69. The zero-order valence-corrected chi connectivity index (χ0v) is 12.2. The van der Waals surface area contributed by atoms with Crippen molar-refractivity contribution in [3.8, 4) is 5.75 Å². The van der Waals surface area contributed by atoms with Crippen LogP contribution in [-0.4, -0.2) is 38.1 Å². The van der Waals surface area contributed by atoms with E-state index in [0.29, 0.717) is 18.9 Å². The van der Waals surface area contributed by atoms with E-state index in [9.17, 15) is 9.50 Å². The van der Waals surface area contributed by atoms with Crippen molar-refractivity contribution < 1.29 is 19.0 Å². The van der Waals surface area contributed by atoms with E-state index in [0.717, 1.165) is 18.4 Å². The zero-order valence-electron chi connectivity index (χ0n) is 12.2. The highest BCUT2D eigenvalue weighted by atomic mass is 19.1. The summed E-state index contributed by atoms with van der Waals surface area (Å²) in [6.07, 6.45) is 1.37. The molecule has 0 aliphatic carbocycles. The minimum atomic E-state index is -0.681. The molecule has 0 aromatic heterocycles. The summed E-state index contributed by atoms with van der Waals surface area (Å²) in [7, 11) is 1.78. The molecule has 2 N–H and O–H groups in total. The van der Waals surface area contributed by atoms with E-state index < -0.39 is 6.10 Å². The lowest BCUT2D eigenvalue weighted by Gasteiger charge is -2.15. The quantitative estimate of drug-likeness (QED) is 0.646. The largest absolute Gasteiger partial charge is 0.490 e. The van der Waals surface area contributed by atoms with Crippen LogP contribution in [0.25, 0.3) is 0 Å². The van der Waals surface area contributed by atoms with Crippen LogP contribution in [0.5, 0.6) is 5.75 Å². The molecule has 0 bridgehead atoms. The molecule has 0 heterocycles. The minimum absolute atomic E-state index is 0.133. The summed E-state index contributed by atoms with van der Waals surface area (Å²) in [6.45, 7) is 3.63. The van der Waals surface area contributed by atoms with Gasteiger partial charge in [-0.25, -0.2) is 4.39 Å². The molecule has 0 spiro atoms. The van der Waals surface area contributed by atoms with E-state index in [1.165, 1.54) is 12.1 Å². The second-order valence-electron chi connectivity index (χ2n) is 4.68. The summed E-state index contributed by atoms with van der Waals surface area (Å²) in [4.78, 5) is 0. The number of halogens is 1. The number of nitrogens with one attached hydrogen (secondary N) is 1. The van der Waals surface area contributed by atoms with Gasteiger partial charge in [0.2, 0.25) is 0 Å². The molecule has 0 aliphatic rings. The first-order chi connectivity index (χ1) is 9.67. The molecule has 0 amide bonds. The lowest BCUT2D eigenvalue weighted by molar-refractivity contribution is 0.0111. The fraction of sp³-hybridized carbons (Fsp3) is 0.600.